The normalized spacial score (nSPS) is 10.2. The molecular formula is C21H27N3O4. The van der Waals surface area contributed by atoms with Crippen molar-refractivity contribution >= 4 is 23.2 Å². The van der Waals surface area contributed by atoms with Gasteiger partial charge in [-0.05, 0) is 61.9 Å². The van der Waals surface area contributed by atoms with Crippen LogP contribution in [0.15, 0.2) is 48.5 Å². The van der Waals surface area contributed by atoms with E-state index in [0.717, 1.165) is 17.9 Å². The van der Waals surface area contributed by atoms with Gasteiger partial charge < -0.3 is 25.4 Å². The van der Waals surface area contributed by atoms with E-state index in [0.29, 0.717) is 31.0 Å². The van der Waals surface area contributed by atoms with Crippen molar-refractivity contribution in [2.45, 2.75) is 13.3 Å². The molecule has 0 saturated heterocycles. The fourth-order valence-electron chi connectivity index (χ4n) is 2.45. The molecule has 0 atom stereocenters. The van der Waals surface area contributed by atoms with Crippen LogP contribution >= 0.6 is 0 Å². The molecule has 0 heterocycles. The number of hydrogen-bond acceptors (Lipinski definition) is 5. The number of hydrogen-bond donors (Lipinski definition) is 3. The van der Waals surface area contributed by atoms with E-state index >= 15 is 0 Å². The highest BCUT2D eigenvalue weighted by Gasteiger charge is 2.06. The summed E-state index contributed by atoms with van der Waals surface area (Å²) < 4.78 is 10.3. The minimum Gasteiger partial charge on any atom is -0.494 e. The molecule has 150 valence electrons. The molecule has 3 N–H and O–H groups in total. The van der Waals surface area contributed by atoms with Crippen molar-refractivity contribution in [1.29, 1.82) is 0 Å². The molecule has 2 aromatic carbocycles. The topological polar surface area (TPSA) is 88.7 Å². The van der Waals surface area contributed by atoms with E-state index in [-0.39, 0.29) is 18.4 Å². The average molecular weight is 385 g/mol. The van der Waals surface area contributed by atoms with Crippen molar-refractivity contribution in [3.05, 3.63) is 54.1 Å². The first-order chi connectivity index (χ1) is 13.6. The first-order valence-electron chi connectivity index (χ1n) is 9.26. The second-order valence-corrected chi connectivity index (χ2v) is 6.04. The van der Waals surface area contributed by atoms with E-state index in [1.165, 1.54) is 0 Å². The molecule has 7 nitrogen and oxygen atoms in total. The summed E-state index contributed by atoms with van der Waals surface area (Å²) in [6, 6.07) is 14.2. The smallest absolute Gasteiger partial charge is 0.251 e. The molecule has 0 saturated carbocycles. The Hall–Kier alpha value is -3.06. The number of benzene rings is 2. The number of carbonyl (C=O) groups excluding carboxylic acids is 2. The van der Waals surface area contributed by atoms with Gasteiger partial charge in [-0.15, -0.1) is 0 Å². The molecule has 0 unspecified atom stereocenters. The Bertz CT molecular complexity index is 745. The minimum absolute atomic E-state index is 0.135. The highest BCUT2D eigenvalue weighted by Crippen LogP contribution is 2.15. The quantitative estimate of drug-likeness (QED) is 0.518. The van der Waals surface area contributed by atoms with E-state index < -0.39 is 0 Å². The molecule has 0 fully saturated rings. The van der Waals surface area contributed by atoms with Gasteiger partial charge in [-0.1, -0.05) is 0 Å². The largest absolute Gasteiger partial charge is 0.494 e. The number of ether oxygens (including phenoxy) is 2. The maximum absolute atomic E-state index is 12.1. The van der Waals surface area contributed by atoms with Crippen molar-refractivity contribution < 1.29 is 19.1 Å². The SMILES string of the molecule is CCOc1ccc(NCC(=O)Nc2ccc(C(=O)NCCCOC)cc2)cc1. The van der Waals surface area contributed by atoms with Crippen molar-refractivity contribution in [2.24, 2.45) is 0 Å². The number of nitrogens with one attached hydrogen (secondary N) is 3. The summed E-state index contributed by atoms with van der Waals surface area (Å²) in [7, 11) is 1.63. The lowest BCUT2D eigenvalue weighted by atomic mass is 10.2. The Balaban J connectivity index is 1.76. The summed E-state index contributed by atoms with van der Waals surface area (Å²) in [5.41, 5.74) is 2.01. The number of anilines is 2. The molecule has 7 heteroatoms. The van der Waals surface area contributed by atoms with Gasteiger partial charge in [-0.3, -0.25) is 9.59 Å². The Kier molecular flexibility index (Phi) is 8.81. The van der Waals surface area contributed by atoms with Crippen LogP contribution in [0.5, 0.6) is 5.75 Å². The zero-order valence-corrected chi connectivity index (χ0v) is 16.3. The predicted molar refractivity (Wildman–Crippen MR) is 110 cm³/mol. The van der Waals surface area contributed by atoms with Gasteiger partial charge in [0.15, 0.2) is 0 Å². The molecule has 0 aliphatic heterocycles. The van der Waals surface area contributed by atoms with Crippen LogP contribution in [0.2, 0.25) is 0 Å². The van der Waals surface area contributed by atoms with Crippen LogP contribution in [0, 0.1) is 0 Å². The molecular weight excluding hydrogens is 358 g/mol. The predicted octanol–water partition coefficient (Wildman–Crippen LogP) is 2.90. The number of methoxy groups -OCH3 is 1. The number of amides is 2. The van der Waals surface area contributed by atoms with E-state index in [2.05, 4.69) is 16.0 Å². The molecule has 0 radical (unpaired) electrons. The van der Waals surface area contributed by atoms with Gasteiger partial charge in [0.2, 0.25) is 5.91 Å². The van der Waals surface area contributed by atoms with Crippen LogP contribution < -0.4 is 20.7 Å². The summed E-state index contributed by atoms with van der Waals surface area (Å²) >= 11 is 0. The average Bonchev–Trinajstić information content (AvgIpc) is 2.71. The lowest BCUT2D eigenvalue weighted by Gasteiger charge is -2.10. The first-order valence-corrected chi connectivity index (χ1v) is 9.26. The van der Waals surface area contributed by atoms with Crippen LogP contribution in [0.3, 0.4) is 0 Å². The van der Waals surface area contributed by atoms with Crippen molar-refractivity contribution in [1.82, 2.24) is 5.32 Å². The van der Waals surface area contributed by atoms with Gasteiger partial charge in [0.25, 0.3) is 5.91 Å². The summed E-state index contributed by atoms with van der Waals surface area (Å²) in [6.45, 7) is 3.84. The van der Waals surface area contributed by atoms with Gasteiger partial charge in [0.1, 0.15) is 5.75 Å². The summed E-state index contributed by atoms with van der Waals surface area (Å²) in [5, 5.41) is 8.67. The van der Waals surface area contributed by atoms with Crippen LogP contribution in [-0.4, -0.2) is 45.2 Å². The van der Waals surface area contributed by atoms with Gasteiger partial charge in [-0.2, -0.15) is 0 Å². The van der Waals surface area contributed by atoms with Crippen molar-refractivity contribution in [3.8, 4) is 5.75 Å². The molecule has 2 aromatic rings. The van der Waals surface area contributed by atoms with Gasteiger partial charge in [0.05, 0.1) is 13.2 Å². The summed E-state index contributed by atoms with van der Waals surface area (Å²) in [4.78, 5) is 24.1. The highest BCUT2D eigenvalue weighted by atomic mass is 16.5. The molecule has 0 spiro atoms. The highest BCUT2D eigenvalue weighted by molar-refractivity contribution is 5.96. The fraction of sp³-hybridized carbons (Fsp3) is 0.333. The van der Waals surface area contributed by atoms with Gasteiger partial charge >= 0.3 is 0 Å². The number of rotatable bonds is 11. The molecule has 0 aliphatic rings. The second kappa shape index (κ2) is 11.6. The molecule has 2 amide bonds. The minimum atomic E-state index is -0.175. The van der Waals surface area contributed by atoms with Gasteiger partial charge in [-0.25, -0.2) is 0 Å². The zero-order valence-electron chi connectivity index (χ0n) is 16.3. The number of carbonyl (C=O) groups is 2. The Morgan fingerprint density at radius 3 is 2.29 bits per heavy atom. The third-order valence-corrected chi connectivity index (χ3v) is 3.86. The standard InChI is InChI=1S/C21H27N3O4/c1-3-28-19-11-9-17(10-12-19)23-15-20(25)24-18-7-5-16(6-8-18)21(26)22-13-4-14-27-2/h5-12,23H,3-4,13-15H2,1-2H3,(H,22,26)(H,24,25). The first kappa shape index (κ1) is 21.2. The van der Waals surface area contributed by atoms with Crippen LogP contribution in [0.4, 0.5) is 11.4 Å². The zero-order chi connectivity index (χ0) is 20.2. The third kappa shape index (κ3) is 7.28. The lowest BCUT2D eigenvalue weighted by Crippen LogP contribution is -2.25. The molecule has 0 aliphatic carbocycles. The molecule has 2 rings (SSSR count). The molecule has 0 aromatic heterocycles. The third-order valence-electron chi connectivity index (χ3n) is 3.86. The monoisotopic (exact) mass is 385 g/mol. The van der Waals surface area contributed by atoms with E-state index in [9.17, 15) is 9.59 Å². The van der Waals surface area contributed by atoms with Crippen LogP contribution in [0.1, 0.15) is 23.7 Å². The fourth-order valence-corrected chi connectivity index (χ4v) is 2.45. The van der Waals surface area contributed by atoms with Crippen molar-refractivity contribution in [2.75, 3.05) is 44.0 Å². The van der Waals surface area contributed by atoms with Crippen molar-refractivity contribution in [3.63, 3.8) is 0 Å². The lowest BCUT2D eigenvalue weighted by molar-refractivity contribution is -0.114. The van der Waals surface area contributed by atoms with Gasteiger partial charge in [0, 0.05) is 37.2 Å². The van der Waals surface area contributed by atoms with Crippen LogP contribution in [-0.2, 0) is 9.53 Å². The van der Waals surface area contributed by atoms with Crippen LogP contribution in [0.25, 0.3) is 0 Å². The Labute approximate surface area is 165 Å². The summed E-state index contributed by atoms with van der Waals surface area (Å²) in [6.07, 6.45) is 0.762. The maximum Gasteiger partial charge on any atom is 0.251 e. The van der Waals surface area contributed by atoms with E-state index in [1.807, 2.05) is 31.2 Å². The second-order valence-electron chi connectivity index (χ2n) is 6.04. The molecule has 28 heavy (non-hydrogen) atoms. The summed E-state index contributed by atoms with van der Waals surface area (Å²) in [5.74, 6) is 0.470. The van der Waals surface area contributed by atoms with E-state index in [4.69, 9.17) is 9.47 Å². The van der Waals surface area contributed by atoms with E-state index in [1.54, 1.807) is 31.4 Å². The Morgan fingerprint density at radius 2 is 1.64 bits per heavy atom. The maximum atomic E-state index is 12.1. The molecule has 0 bridgehead atoms. The Morgan fingerprint density at radius 1 is 0.964 bits per heavy atom.